The van der Waals surface area contributed by atoms with Crippen molar-refractivity contribution in [1.82, 2.24) is 5.32 Å². The van der Waals surface area contributed by atoms with Crippen LogP contribution in [0.15, 0.2) is 12.1 Å². The van der Waals surface area contributed by atoms with Gasteiger partial charge in [0.1, 0.15) is 0 Å². The Kier molecular flexibility index (Phi) is 5.12. The first-order chi connectivity index (χ1) is 9.69. The van der Waals surface area contributed by atoms with E-state index in [9.17, 15) is 0 Å². The molecule has 1 aliphatic carbocycles. The fraction of sp³-hybridized carbons (Fsp3) is 0.625. The first kappa shape index (κ1) is 15.0. The second kappa shape index (κ2) is 6.84. The highest BCUT2D eigenvalue weighted by atomic mass is 16.5. The zero-order valence-electron chi connectivity index (χ0n) is 12.9. The normalized spacial score (nSPS) is 21.8. The predicted octanol–water partition coefficient (Wildman–Crippen LogP) is 2.99. The minimum absolute atomic E-state index is 0.620. The molecule has 20 heavy (non-hydrogen) atoms. The van der Waals surface area contributed by atoms with Gasteiger partial charge in [-0.05, 0) is 36.5 Å². The summed E-state index contributed by atoms with van der Waals surface area (Å²) in [6.45, 7) is 3.14. The average Bonchev–Trinajstić information content (AvgIpc) is 2.89. The van der Waals surface area contributed by atoms with Crippen LogP contribution in [-0.4, -0.2) is 27.4 Å². The number of benzene rings is 1. The summed E-state index contributed by atoms with van der Waals surface area (Å²) in [6.07, 6.45) is 3.92. The Morgan fingerprint density at radius 2 is 1.70 bits per heavy atom. The average molecular weight is 279 g/mol. The SMILES string of the molecule is COc1cc(CNC2CCCC2C)cc(OC)c1OC. The van der Waals surface area contributed by atoms with Crippen molar-refractivity contribution >= 4 is 0 Å². The lowest BCUT2D eigenvalue weighted by atomic mass is 10.1. The Labute approximate surface area is 121 Å². The fourth-order valence-corrected chi connectivity index (χ4v) is 2.94. The third-order valence-electron chi connectivity index (χ3n) is 4.15. The molecule has 2 atom stereocenters. The van der Waals surface area contributed by atoms with Crippen LogP contribution in [0.1, 0.15) is 31.7 Å². The number of ether oxygens (including phenoxy) is 3. The predicted molar refractivity (Wildman–Crippen MR) is 79.7 cm³/mol. The number of hydrogen-bond donors (Lipinski definition) is 1. The molecule has 2 rings (SSSR count). The van der Waals surface area contributed by atoms with Gasteiger partial charge < -0.3 is 19.5 Å². The number of nitrogens with one attached hydrogen (secondary N) is 1. The molecule has 4 heteroatoms. The van der Waals surface area contributed by atoms with Gasteiger partial charge in [-0.25, -0.2) is 0 Å². The number of rotatable bonds is 6. The van der Waals surface area contributed by atoms with E-state index in [0.29, 0.717) is 23.3 Å². The monoisotopic (exact) mass is 279 g/mol. The first-order valence-corrected chi connectivity index (χ1v) is 7.21. The van der Waals surface area contributed by atoms with Crippen molar-refractivity contribution in [3.8, 4) is 17.2 Å². The lowest BCUT2D eigenvalue weighted by Gasteiger charge is -2.19. The third kappa shape index (κ3) is 3.18. The van der Waals surface area contributed by atoms with Gasteiger partial charge in [-0.1, -0.05) is 13.3 Å². The van der Waals surface area contributed by atoms with E-state index in [0.717, 1.165) is 18.0 Å². The summed E-state index contributed by atoms with van der Waals surface area (Å²) in [5.41, 5.74) is 1.15. The van der Waals surface area contributed by atoms with Crippen LogP contribution in [-0.2, 0) is 6.54 Å². The zero-order valence-corrected chi connectivity index (χ0v) is 12.9. The summed E-state index contributed by atoms with van der Waals surface area (Å²) in [7, 11) is 4.92. The van der Waals surface area contributed by atoms with E-state index in [1.165, 1.54) is 19.3 Å². The molecule has 0 bridgehead atoms. The highest BCUT2D eigenvalue weighted by Gasteiger charge is 2.22. The molecule has 2 unspecified atom stereocenters. The molecular weight excluding hydrogens is 254 g/mol. The van der Waals surface area contributed by atoms with E-state index in [2.05, 4.69) is 12.2 Å². The summed E-state index contributed by atoms with van der Waals surface area (Å²) in [6, 6.07) is 4.64. The van der Waals surface area contributed by atoms with E-state index in [1.807, 2.05) is 12.1 Å². The molecule has 1 N–H and O–H groups in total. The van der Waals surface area contributed by atoms with Crippen LogP contribution < -0.4 is 19.5 Å². The van der Waals surface area contributed by atoms with Crippen LogP contribution in [0.5, 0.6) is 17.2 Å². The Morgan fingerprint density at radius 1 is 1.05 bits per heavy atom. The molecule has 1 aromatic carbocycles. The van der Waals surface area contributed by atoms with Crippen molar-refractivity contribution in [2.75, 3.05) is 21.3 Å². The maximum atomic E-state index is 5.38. The molecule has 1 aromatic rings. The van der Waals surface area contributed by atoms with Crippen molar-refractivity contribution in [1.29, 1.82) is 0 Å². The van der Waals surface area contributed by atoms with E-state index in [-0.39, 0.29) is 0 Å². The van der Waals surface area contributed by atoms with Crippen LogP contribution in [0.3, 0.4) is 0 Å². The molecule has 0 saturated heterocycles. The van der Waals surface area contributed by atoms with Crippen molar-refractivity contribution in [2.45, 2.75) is 38.8 Å². The summed E-state index contributed by atoms with van der Waals surface area (Å²) in [5, 5.41) is 3.64. The maximum Gasteiger partial charge on any atom is 0.203 e. The smallest absolute Gasteiger partial charge is 0.203 e. The number of hydrogen-bond acceptors (Lipinski definition) is 4. The quantitative estimate of drug-likeness (QED) is 0.869. The van der Waals surface area contributed by atoms with Crippen LogP contribution >= 0.6 is 0 Å². The molecule has 0 amide bonds. The van der Waals surface area contributed by atoms with Crippen molar-refractivity contribution in [2.24, 2.45) is 5.92 Å². The Balaban J connectivity index is 2.11. The van der Waals surface area contributed by atoms with Crippen LogP contribution in [0, 0.1) is 5.92 Å². The van der Waals surface area contributed by atoms with Crippen molar-refractivity contribution in [3.05, 3.63) is 17.7 Å². The van der Waals surface area contributed by atoms with Gasteiger partial charge in [0, 0.05) is 12.6 Å². The summed E-state index contributed by atoms with van der Waals surface area (Å²) in [4.78, 5) is 0. The van der Waals surface area contributed by atoms with E-state index in [4.69, 9.17) is 14.2 Å². The van der Waals surface area contributed by atoms with E-state index in [1.54, 1.807) is 21.3 Å². The lowest BCUT2D eigenvalue weighted by molar-refractivity contribution is 0.323. The second-order valence-electron chi connectivity index (χ2n) is 5.43. The molecule has 0 aliphatic heterocycles. The lowest BCUT2D eigenvalue weighted by Crippen LogP contribution is -2.30. The van der Waals surface area contributed by atoms with Gasteiger partial charge in [0.2, 0.25) is 5.75 Å². The highest BCUT2D eigenvalue weighted by molar-refractivity contribution is 5.53. The summed E-state index contributed by atoms with van der Waals surface area (Å²) < 4.78 is 16.1. The van der Waals surface area contributed by atoms with Gasteiger partial charge in [0.25, 0.3) is 0 Å². The van der Waals surface area contributed by atoms with Gasteiger partial charge in [-0.3, -0.25) is 0 Å². The number of methoxy groups -OCH3 is 3. The van der Waals surface area contributed by atoms with Gasteiger partial charge in [0.05, 0.1) is 21.3 Å². The zero-order chi connectivity index (χ0) is 14.5. The minimum atomic E-state index is 0.620. The molecule has 1 fully saturated rings. The molecule has 0 aromatic heterocycles. The first-order valence-electron chi connectivity index (χ1n) is 7.21. The van der Waals surface area contributed by atoms with Crippen molar-refractivity contribution < 1.29 is 14.2 Å². The van der Waals surface area contributed by atoms with Crippen molar-refractivity contribution in [3.63, 3.8) is 0 Å². The van der Waals surface area contributed by atoms with E-state index >= 15 is 0 Å². The van der Waals surface area contributed by atoms with Gasteiger partial charge >= 0.3 is 0 Å². The molecule has 1 saturated carbocycles. The molecule has 1 aliphatic rings. The molecule has 112 valence electrons. The van der Waals surface area contributed by atoms with Gasteiger partial charge in [-0.15, -0.1) is 0 Å². The standard InChI is InChI=1S/C16H25NO3/c1-11-6-5-7-13(11)17-10-12-8-14(18-2)16(20-4)15(9-12)19-3/h8-9,11,13,17H,5-7,10H2,1-4H3. The Bertz CT molecular complexity index is 422. The van der Waals surface area contributed by atoms with Crippen LogP contribution in [0.2, 0.25) is 0 Å². The largest absolute Gasteiger partial charge is 0.493 e. The summed E-state index contributed by atoms with van der Waals surface area (Å²) >= 11 is 0. The van der Waals surface area contributed by atoms with Gasteiger partial charge in [-0.2, -0.15) is 0 Å². The highest BCUT2D eigenvalue weighted by Crippen LogP contribution is 2.38. The third-order valence-corrected chi connectivity index (χ3v) is 4.15. The molecular formula is C16H25NO3. The maximum absolute atomic E-state index is 5.38. The fourth-order valence-electron chi connectivity index (χ4n) is 2.94. The molecule has 0 heterocycles. The summed E-state index contributed by atoms with van der Waals surface area (Å²) in [5.74, 6) is 2.83. The molecule has 0 spiro atoms. The Hall–Kier alpha value is -1.42. The molecule has 4 nitrogen and oxygen atoms in total. The Morgan fingerprint density at radius 3 is 2.15 bits per heavy atom. The van der Waals surface area contributed by atoms with Gasteiger partial charge in [0.15, 0.2) is 11.5 Å². The minimum Gasteiger partial charge on any atom is -0.493 e. The van der Waals surface area contributed by atoms with Crippen LogP contribution in [0.4, 0.5) is 0 Å². The van der Waals surface area contributed by atoms with Crippen LogP contribution in [0.25, 0.3) is 0 Å². The van der Waals surface area contributed by atoms with E-state index < -0.39 is 0 Å². The second-order valence-corrected chi connectivity index (χ2v) is 5.43. The topological polar surface area (TPSA) is 39.7 Å². The molecule has 0 radical (unpaired) electrons.